The van der Waals surface area contributed by atoms with Gasteiger partial charge in [-0.3, -0.25) is 9.78 Å². The number of aryl methyl sites for hydroxylation is 1. The minimum atomic E-state index is 0.230. The van der Waals surface area contributed by atoms with Gasteiger partial charge in [0.05, 0.1) is 0 Å². The van der Waals surface area contributed by atoms with E-state index in [1.165, 1.54) is 5.56 Å². The van der Waals surface area contributed by atoms with Crippen LogP contribution in [0.15, 0.2) is 79.0 Å². The second kappa shape index (κ2) is 7.50. The zero-order chi connectivity index (χ0) is 15.9. The van der Waals surface area contributed by atoms with Crippen LogP contribution < -0.4 is 0 Å². The summed E-state index contributed by atoms with van der Waals surface area (Å²) in [5.41, 5.74) is 4.25. The van der Waals surface area contributed by atoms with Crippen LogP contribution in [0.5, 0.6) is 0 Å². The van der Waals surface area contributed by atoms with Crippen molar-refractivity contribution < 1.29 is 4.79 Å². The van der Waals surface area contributed by atoms with E-state index in [2.05, 4.69) is 29.2 Å². The van der Waals surface area contributed by atoms with Crippen molar-refractivity contribution >= 4 is 5.78 Å². The molecule has 1 aromatic heterocycles. The third-order valence-corrected chi connectivity index (χ3v) is 3.85. The summed E-state index contributed by atoms with van der Waals surface area (Å²) >= 11 is 0. The highest BCUT2D eigenvalue weighted by Gasteiger charge is 2.06. The quantitative estimate of drug-likeness (QED) is 0.671. The maximum Gasteiger partial charge on any atom is 0.139 e. The molecule has 0 unspecified atom stereocenters. The molecule has 0 fully saturated rings. The lowest BCUT2D eigenvalue weighted by atomic mass is 10.0. The zero-order valence-corrected chi connectivity index (χ0v) is 13.0. The normalized spacial score (nSPS) is 10.4. The maximum absolute atomic E-state index is 12.1. The van der Waals surface area contributed by atoms with Gasteiger partial charge in [-0.2, -0.15) is 0 Å². The summed E-state index contributed by atoms with van der Waals surface area (Å²) in [5, 5.41) is 0. The van der Waals surface area contributed by atoms with Crippen LogP contribution in [-0.4, -0.2) is 10.8 Å². The molecular weight excluding hydrogens is 282 g/mol. The summed E-state index contributed by atoms with van der Waals surface area (Å²) in [7, 11) is 0. The van der Waals surface area contributed by atoms with Crippen molar-refractivity contribution in [2.75, 3.05) is 0 Å². The number of nitrogens with zero attached hydrogens (tertiary/aromatic N) is 1. The minimum Gasteiger partial charge on any atom is -0.299 e. The Morgan fingerprint density at radius 3 is 2.13 bits per heavy atom. The number of hydrogen-bond donors (Lipinski definition) is 0. The molecule has 0 aliphatic carbocycles. The number of rotatable bonds is 6. The lowest BCUT2D eigenvalue weighted by Gasteiger charge is -2.04. The molecule has 114 valence electrons. The summed E-state index contributed by atoms with van der Waals surface area (Å²) in [6.45, 7) is 0. The molecule has 2 aromatic carbocycles. The van der Waals surface area contributed by atoms with Gasteiger partial charge in [-0.1, -0.05) is 66.7 Å². The zero-order valence-electron chi connectivity index (χ0n) is 13.0. The molecule has 1 heterocycles. The molecule has 0 saturated heterocycles. The van der Waals surface area contributed by atoms with Gasteiger partial charge in [-0.15, -0.1) is 0 Å². The number of aromatic nitrogens is 1. The molecule has 2 heteroatoms. The van der Waals surface area contributed by atoms with Gasteiger partial charge in [0.1, 0.15) is 5.78 Å². The number of carbonyl (C=O) groups excluding carboxylic acids is 1. The van der Waals surface area contributed by atoms with E-state index in [9.17, 15) is 4.79 Å². The van der Waals surface area contributed by atoms with E-state index >= 15 is 0 Å². The molecule has 0 aliphatic rings. The molecule has 0 bridgehead atoms. The monoisotopic (exact) mass is 301 g/mol. The van der Waals surface area contributed by atoms with Gasteiger partial charge in [0.25, 0.3) is 0 Å². The summed E-state index contributed by atoms with van der Waals surface area (Å²) in [4.78, 5) is 16.5. The molecule has 3 rings (SSSR count). The minimum absolute atomic E-state index is 0.230. The van der Waals surface area contributed by atoms with E-state index in [-0.39, 0.29) is 5.78 Å². The first kappa shape index (κ1) is 15.2. The smallest absolute Gasteiger partial charge is 0.139 e. The number of Topliss-reactive ketones (excluding diaryl/α,β-unsaturated/α-hetero) is 1. The summed E-state index contributed by atoms with van der Waals surface area (Å²) in [6, 6.07) is 24.2. The molecule has 0 aliphatic heterocycles. The Hall–Kier alpha value is -2.74. The predicted molar refractivity (Wildman–Crippen MR) is 93.1 cm³/mol. The standard InChI is InChI=1S/C21H19NO/c23-21(14-11-17-7-3-1-4-8-17)15-20-13-12-19(16-22-20)18-9-5-2-6-10-18/h1-10,12-13,16H,11,14-15H2. The summed E-state index contributed by atoms with van der Waals surface area (Å²) in [5.74, 6) is 0.230. The third-order valence-electron chi connectivity index (χ3n) is 3.85. The first-order chi connectivity index (χ1) is 11.3. The molecule has 0 saturated carbocycles. The fourth-order valence-electron chi connectivity index (χ4n) is 2.55. The van der Waals surface area contributed by atoms with Crippen molar-refractivity contribution in [1.82, 2.24) is 4.98 Å². The number of hydrogen-bond acceptors (Lipinski definition) is 2. The highest BCUT2D eigenvalue weighted by molar-refractivity contribution is 5.80. The van der Waals surface area contributed by atoms with Crippen molar-refractivity contribution in [2.24, 2.45) is 0 Å². The molecular formula is C21H19NO. The van der Waals surface area contributed by atoms with Crippen molar-refractivity contribution in [1.29, 1.82) is 0 Å². The molecule has 23 heavy (non-hydrogen) atoms. The van der Waals surface area contributed by atoms with E-state index in [0.717, 1.165) is 23.2 Å². The van der Waals surface area contributed by atoms with E-state index in [1.54, 1.807) is 0 Å². The Morgan fingerprint density at radius 1 is 0.783 bits per heavy atom. The second-order valence-corrected chi connectivity index (χ2v) is 5.61. The van der Waals surface area contributed by atoms with Crippen molar-refractivity contribution in [3.8, 4) is 11.1 Å². The fraction of sp³-hybridized carbons (Fsp3) is 0.143. The van der Waals surface area contributed by atoms with Crippen molar-refractivity contribution in [2.45, 2.75) is 19.3 Å². The van der Waals surface area contributed by atoms with Crippen LogP contribution in [0.3, 0.4) is 0 Å². The number of pyridine rings is 1. The van der Waals surface area contributed by atoms with E-state index < -0.39 is 0 Å². The maximum atomic E-state index is 12.1. The van der Waals surface area contributed by atoms with Crippen LogP contribution in [0.1, 0.15) is 17.7 Å². The largest absolute Gasteiger partial charge is 0.299 e. The second-order valence-electron chi connectivity index (χ2n) is 5.61. The predicted octanol–water partition coefficient (Wildman–Crippen LogP) is 4.49. The average Bonchev–Trinajstić information content (AvgIpc) is 2.62. The van der Waals surface area contributed by atoms with Crippen LogP contribution in [-0.2, 0) is 17.6 Å². The summed E-state index contributed by atoms with van der Waals surface area (Å²) in [6.07, 6.45) is 3.60. The van der Waals surface area contributed by atoms with Gasteiger partial charge in [0, 0.05) is 30.3 Å². The SMILES string of the molecule is O=C(CCc1ccccc1)Cc1ccc(-c2ccccc2)cn1. The van der Waals surface area contributed by atoms with Crippen molar-refractivity contribution in [3.05, 3.63) is 90.3 Å². The average molecular weight is 301 g/mol. The van der Waals surface area contributed by atoms with Gasteiger partial charge >= 0.3 is 0 Å². The van der Waals surface area contributed by atoms with Crippen LogP contribution in [0, 0.1) is 0 Å². The van der Waals surface area contributed by atoms with E-state index in [4.69, 9.17) is 0 Å². The third kappa shape index (κ3) is 4.36. The molecule has 0 spiro atoms. The molecule has 2 nitrogen and oxygen atoms in total. The highest BCUT2D eigenvalue weighted by atomic mass is 16.1. The molecule has 0 radical (unpaired) electrons. The van der Waals surface area contributed by atoms with Gasteiger partial charge < -0.3 is 0 Å². The van der Waals surface area contributed by atoms with Crippen LogP contribution in [0.2, 0.25) is 0 Å². The van der Waals surface area contributed by atoms with E-state index in [0.29, 0.717) is 12.8 Å². The Labute approximate surface area is 136 Å². The Bertz CT molecular complexity index is 749. The number of carbonyl (C=O) groups is 1. The first-order valence-corrected chi connectivity index (χ1v) is 7.87. The number of benzene rings is 2. The Morgan fingerprint density at radius 2 is 1.48 bits per heavy atom. The molecule has 0 atom stereocenters. The van der Waals surface area contributed by atoms with Crippen LogP contribution in [0.25, 0.3) is 11.1 Å². The first-order valence-electron chi connectivity index (χ1n) is 7.87. The molecule has 0 N–H and O–H groups in total. The lowest BCUT2D eigenvalue weighted by Crippen LogP contribution is -2.05. The highest BCUT2D eigenvalue weighted by Crippen LogP contribution is 2.18. The van der Waals surface area contributed by atoms with Crippen LogP contribution in [0.4, 0.5) is 0 Å². The van der Waals surface area contributed by atoms with E-state index in [1.807, 2.05) is 54.7 Å². The van der Waals surface area contributed by atoms with Crippen molar-refractivity contribution in [3.63, 3.8) is 0 Å². The number of ketones is 1. The lowest BCUT2D eigenvalue weighted by molar-refractivity contribution is -0.118. The van der Waals surface area contributed by atoms with Gasteiger partial charge in [-0.05, 0) is 23.6 Å². The topological polar surface area (TPSA) is 30.0 Å². The fourth-order valence-corrected chi connectivity index (χ4v) is 2.55. The van der Waals surface area contributed by atoms with Gasteiger partial charge in [-0.25, -0.2) is 0 Å². The van der Waals surface area contributed by atoms with Gasteiger partial charge in [0.15, 0.2) is 0 Å². The molecule has 0 amide bonds. The molecule has 3 aromatic rings. The Balaban J connectivity index is 1.57. The summed E-state index contributed by atoms with van der Waals surface area (Å²) < 4.78 is 0. The Kier molecular flexibility index (Phi) is 4.95. The van der Waals surface area contributed by atoms with Gasteiger partial charge in [0.2, 0.25) is 0 Å². The van der Waals surface area contributed by atoms with Crippen LogP contribution >= 0.6 is 0 Å².